The Morgan fingerprint density at radius 2 is 2.22 bits per heavy atom. The summed E-state index contributed by atoms with van der Waals surface area (Å²) in [5, 5.41) is 3.57. The average Bonchev–Trinajstić information content (AvgIpc) is 2.99. The molecule has 3 heteroatoms. The van der Waals surface area contributed by atoms with E-state index in [0.29, 0.717) is 12.1 Å². The van der Waals surface area contributed by atoms with E-state index in [-0.39, 0.29) is 0 Å². The normalized spacial score (nSPS) is 21.7. The maximum atomic E-state index is 4.35. The summed E-state index contributed by atoms with van der Waals surface area (Å²) in [6.45, 7) is 8.07. The molecular weight excluding hydrogens is 222 g/mol. The number of nitrogens with zero attached hydrogens (tertiary/aromatic N) is 2. The van der Waals surface area contributed by atoms with Crippen LogP contribution in [-0.4, -0.2) is 16.1 Å². The monoisotopic (exact) mass is 249 g/mol. The van der Waals surface area contributed by atoms with Crippen LogP contribution in [0.3, 0.4) is 0 Å². The van der Waals surface area contributed by atoms with Crippen LogP contribution in [0.15, 0.2) is 12.5 Å². The van der Waals surface area contributed by atoms with Gasteiger partial charge in [-0.25, -0.2) is 4.98 Å². The Labute approximate surface area is 111 Å². The summed E-state index contributed by atoms with van der Waals surface area (Å²) in [6, 6.07) is 1.10. The molecule has 2 rings (SSSR count). The van der Waals surface area contributed by atoms with Crippen LogP contribution in [0.1, 0.15) is 70.7 Å². The maximum absolute atomic E-state index is 4.35. The highest BCUT2D eigenvalue weighted by atomic mass is 15.1. The van der Waals surface area contributed by atoms with Crippen LogP contribution in [0.4, 0.5) is 0 Å². The second kappa shape index (κ2) is 6.37. The lowest BCUT2D eigenvalue weighted by molar-refractivity contribution is 0.426. The van der Waals surface area contributed by atoms with Crippen LogP contribution in [0.5, 0.6) is 0 Å². The Morgan fingerprint density at radius 3 is 2.89 bits per heavy atom. The summed E-state index contributed by atoms with van der Waals surface area (Å²) >= 11 is 0. The molecule has 1 saturated heterocycles. The Bertz CT molecular complexity index is 350. The first kappa shape index (κ1) is 13.6. The van der Waals surface area contributed by atoms with Crippen molar-refractivity contribution in [2.45, 2.75) is 65.0 Å². The second-order valence-electron chi connectivity index (χ2n) is 6.05. The predicted molar refractivity (Wildman–Crippen MR) is 75.6 cm³/mol. The summed E-state index contributed by atoms with van der Waals surface area (Å²) in [6.07, 6.45) is 10.5. The maximum Gasteiger partial charge on any atom is 0.0951 e. The highest BCUT2D eigenvalue weighted by Crippen LogP contribution is 2.26. The molecule has 2 unspecified atom stereocenters. The highest BCUT2D eigenvalue weighted by molar-refractivity contribution is 5.08. The summed E-state index contributed by atoms with van der Waals surface area (Å²) in [5.41, 5.74) is 1.38. The summed E-state index contributed by atoms with van der Waals surface area (Å²) in [5.74, 6) is 0.816. The zero-order chi connectivity index (χ0) is 13.0. The molecule has 0 aliphatic carbocycles. The smallest absolute Gasteiger partial charge is 0.0951 e. The zero-order valence-electron chi connectivity index (χ0n) is 12.0. The van der Waals surface area contributed by atoms with Gasteiger partial charge in [0.1, 0.15) is 0 Å². The van der Waals surface area contributed by atoms with Gasteiger partial charge in [0.25, 0.3) is 0 Å². The van der Waals surface area contributed by atoms with E-state index in [1.807, 2.05) is 12.5 Å². The van der Waals surface area contributed by atoms with Crippen LogP contribution in [0, 0.1) is 5.92 Å². The second-order valence-corrected chi connectivity index (χ2v) is 6.05. The summed E-state index contributed by atoms with van der Waals surface area (Å²) < 4.78 is 2.38. The van der Waals surface area contributed by atoms with E-state index in [0.717, 1.165) is 12.5 Å². The van der Waals surface area contributed by atoms with Crippen molar-refractivity contribution >= 4 is 0 Å². The Kier molecular flexibility index (Phi) is 4.81. The molecule has 1 aliphatic heterocycles. The quantitative estimate of drug-likeness (QED) is 0.833. The molecule has 1 aromatic heterocycles. The van der Waals surface area contributed by atoms with E-state index < -0.39 is 0 Å². The molecule has 2 atom stereocenters. The first-order valence-corrected chi connectivity index (χ1v) is 7.43. The average molecular weight is 249 g/mol. The number of rotatable bonds is 6. The minimum absolute atomic E-state index is 0.528. The van der Waals surface area contributed by atoms with Gasteiger partial charge in [0, 0.05) is 18.3 Å². The van der Waals surface area contributed by atoms with Crippen LogP contribution in [0.25, 0.3) is 0 Å². The van der Waals surface area contributed by atoms with Gasteiger partial charge < -0.3 is 9.88 Å². The van der Waals surface area contributed by atoms with Gasteiger partial charge in [-0.3, -0.25) is 0 Å². The number of hydrogen-bond acceptors (Lipinski definition) is 2. The first-order chi connectivity index (χ1) is 8.68. The van der Waals surface area contributed by atoms with E-state index in [1.54, 1.807) is 0 Å². The van der Waals surface area contributed by atoms with E-state index >= 15 is 0 Å². The van der Waals surface area contributed by atoms with Crippen LogP contribution in [0.2, 0.25) is 0 Å². The third-order valence-electron chi connectivity index (χ3n) is 3.99. The third kappa shape index (κ3) is 3.35. The van der Waals surface area contributed by atoms with Crippen molar-refractivity contribution < 1.29 is 0 Å². The van der Waals surface area contributed by atoms with Crippen molar-refractivity contribution in [3.8, 4) is 0 Å². The molecule has 0 spiro atoms. The minimum atomic E-state index is 0.528. The molecule has 1 N–H and O–H groups in total. The van der Waals surface area contributed by atoms with E-state index in [2.05, 4.69) is 35.6 Å². The number of imidazole rings is 1. The van der Waals surface area contributed by atoms with Gasteiger partial charge in [0.05, 0.1) is 12.0 Å². The van der Waals surface area contributed by atoms with Crippen molar-refractivity contribution in [3.63, 3.8) is 0 Å². The van der Waals surface area contributed by atoms with E-state index in [9.17, 15) is 0 Å². The zero-order valence-corrected chi connectivity index (χ0v) is 12.0. The fourth-order valence-corrected chi connectivity index (χ4v) is 2.85. The van der Waals surface area contributed by atoms with E-state index in [4.69, 9.17) is 0 Å². The van der Waals surface area contributed by atoms with Crippen molar-refractivity contribution in [1.82, 2.24) is 14.9 Å². The largest absolute Gasteiger partial charge is 0.330 e. The Morgan fingerprint density at radius 1 is 1.39 bits per heavy atom. The van der Waals surface area contributed by atoms with Gasteiger partial charge in [-0.15, -0.1) is 0 Å². The Hall–Kier alpha value is -0.830. The molecule has 102 valence electrons. The third-order valence-corrected chi connectivity index (χ3v) is 3.99. The van der Waals surface area contributed by atoms with Gasteiger partial charge in [0.2, 0.25) is 0 Å². The molecular formula is C15H27N3. The van der Waals surface area contributed by atoms with Gasteiger partial charge in [0.15, 0.2) is 0 Å². The molecule has 0 amide bonds. The van der Waals surface area contributed by atoms with Gasteiger partial charge >= 0.3 is 0 Å². The number of hydrogen-bond donors (Lipinski definition) is 1. The van der Waals surface area contributed by atoms with Crippen LogP contribution < -0.4 is 5.32 Å². The molecule has 1 fully saturated rings. The Balaban J connectivity index is 1.93. The molecule has 18 heavy (non-hydrogen) atoms. The molecule has 0 aromatic carbocycles. The van der Waals surface area contributed by atoms with Crippen molar-refractivity contribution in [3.05, 3.63) is 18.2 Å². The van der Waals surface area contributed by atoms with Gasteiger partial charge in [-0.05, 0) is 38.6 Å². The fraction of sp³-hybridized carbons (Fsp3) is 0.800. The lowest BCUT2D eigenvalue weighted by Crippen LogP contribution is -2.18. The molecule has 1 aromatic rings. The van der Waals surface area contributed by atoms with Crippen molar-refractivity contribution in [2.75, 3.05) is 6.54 Å². The van der Waals surface area contributed by atoms with E-state index in [1.165, 1.54) is 37.8 Å². The van der Waals surface area contributed by atoms with Crippen LogP contribution in [-0.2, 0) is 0 Å². The molecule has 1 aliphatic rings. The highest BCUT2D eigenvalue weighted by Gasteiger charge is 2.21. The fourth-order valence-electron chi connectivity index (χ4n) is 2.85. The standard InChI is InChI=1S/C15H27N3/c1-12(2)6-4-7-13(3)18-11-16-10-15(18)14-8-5-9-17-14/h10-14,17H,4-9H2,1-3H3. The lowest BCUT2D eigenvalue weighted by Gasteiger charge is -2.20. The van der Waals surface area contributed by atoms with Crippen molar-refractivity contribution in [2.24, 2.45) is 5.92 Å². The molecule has 2 heterocycles. The number of nitrogens with one attached hydrogen (secondary N) is 1. The lowest BCUT2D eigenvalue weighted by atomic mass is 10.0. The number of aromatic nitrogens is 2. The SMILES string of the molecule is CC(C)CCCC(C)n1cncc1C1CCCN1. The predicted octanol–water partition coefficient (Wildman–Crippen LogP) is 3.69. The topological polar surface area (TPSA) is 29.9 Å². The van der Waals surface area contributed by atoms with Gasteiger partial charge in [-0.1, -0.05) is 26.7 Å². The summed E-state index contributed by atoms with van der Waals surface area (Å²) in [7, 11) is 0. The summed E-state index contributed by atoms with van der Waals surface area (Å²) in [4.78, 5) is 4.35. The molecule has 3 nitrogen and oxygen atoms in total. The first-order valence-electron chi connectivity index (χ1n) is 7.43. The minimum Gasteiger partial charge on any atom is -0.330 e. The molecule has 0 bridgehead atoms. The van der Waals surface area contributed by atoms with Crippen LogP contribution >= 0.6 is 0 Å². The van der Waals surface area contributed by atoms with Gasteiger partial charge in [-0.2, -0.15) is 0 Å². The van der Waals surface area contributed by atoms with Crippen molar-refractivity contribution in [1.29, 1.82) is 0 Å². The molecule has 0 saturated carbocycles. The molecule has 0 radical (unpaired) electrons.